The summed E-state index contributed by atoms with van der Waals surface area (Å²) in [6.07, 6.45) is 2.08. The first-order valence-electron chi connectivity index (χ1n) is 8.36. The largest absolute Gasteiger partial charge is 0.360 e. The number of hydrogen-bond acceptors (Lipinski definition) is 2. The highest BCUT2D eigenvalue weighted by atomic mass is 35.5. The van der Waals surface area contributed by atoms with Gasteiger partial charge < -0.3 is 10.1 Å². The van der Waals surface area contributed by atoms with E-state index in [4.69, 9.17) is 16.3 Å². The number of carbonyl (C=O) groups excluding carboxylic acids is 1. The molecule has 1 unspecified atom stereocenters. The summed E-state index contributed by atoms with van der Waals surface area (Å²) in [6.45, 7) is 8.56. The lowest BCUT2D eigenvalue weighted by Gasteiger charge is -2.32. The van der Waals surface area contributed by atoms with Crippen molar-refractivity contribution < 1.29 is 9.53 Å². The first-order valence-corrected chi connectivity index (χ1v) is 8.74. The first-order chi connectivity index (χ1) is 12.0. The lowest BCUT2D eigenvalue weighted by Crippen LogP contribution is -2.46. The van der Waals surface area contributed by atoms with Crippen LogP contribution in [-0.2, 0) is 21.7 Å². The highest BCUT2D eigenvalue weighted by molar-refractivity contribution is 6.30. The van der Waals surface area contributed by atoms with Gasteiger partial charge in [0.1, 0.15) is 0 Å². The molecule has 4 heteroatoms. The van der Waals surface area contributed by atoms with Gasteiger partial charge >= 0.3 is 0 Å². The molecule has 1 N–H and O–H groups in total. The number of halogens is 1. The zero-order valence-electron chi connectivity index (χ0n) is 14.7. The summed E-state index contributed by atoms with van der Waals surface area (Å²) in [4.78, 5) is 13.1. The van der Waals surface area contributed by atoms with Gasteiger partial charge in [-0.1, -0.05) is 59.6 Å². The summed E-state index contributed by atoms with van der Waals surface area (Å²) in [5.41, 5.74) is 1.89. The second-order valence-electron chi connectivity index (χ2n) is 5.93. The van der Waals surface area contributed by atoms with Crippen molar-refractivity contribution in [2.24, 2.45) is 0 Å². The van der Waals surface area contributed by atoms with E-state index in [1.54, 1.807) is 18.2 Å². The second kappa shape index (κ2) is 8.84. The zero-order chi connectivity index (χ0) is 18.3. The minimum absolute atomic E-state index is 0.183. The lowest BCUT2D eigenvalue weighted by molar-refractivity contribution is -0.148. The van der Waals surface area contributed by atoms with Gasteiger partial charge in [-0.2, -0.15) is 0 Å². The molecule has 1 amide bonds. The molecule has 0 aromatic heterocycles. The van der Waals surface area contributed by atoms with Crippen LogP contribution in [0.4, 0.5) is 0 Å². The number of carbonyl (C=O) groups is 1. The lowest BCUT2D eigenvalue weighted by atomic mass is 9.88. The molecule has 0 aliphatic rings. The van der Waals surface area contributed by atoms with Gasteiger partial charge in [-0.15, -0.1) is 6.58 Å². The molecule has 0 spiro atoms. The first kappa shape index (κ1) is 19.2. The van der Waals surface area contributed by atoms with Gasteiger partial charge in [0.2, 0.25) is 0 Å². The Hall–Kier alpha value is -2.10. The molecule has 0 saturated carbocycles. The fraction of sp³-hybridized carbons (Fsp3) is 0.286. The van der Waals surface area contributed by atoms with E-state index in [0.717, 1.165) is 11.1 Å². The Bertz CT molecular complexity index is 710. The van der Waals surface area contributed by atoms with Crippen molar-refractivity contribution >= 4 is 17.5 Å². The van der Waals surface area contributed by atoms with Crippen LogP contribution in [0.15, 0.2) is 61.2 Å². The molecule has 1 atom stereocenters. The average Bonchev–Trinajstić information content (AvgIpc) is 2.61. The predicted molar refractivity (Wildman–Crippen MR) is 103 cm³/mol. The third-order valence-electron chi connectivity index (χ3n) is 4.07. The van der Waals surface area contributed by atoms with Gasteiger partial charge in [-0.25, -0.2) is 0 Å². The molecule has 0 heterocycles. The molecule has 0 fully saturated rings. The van der Waals surface area contributed by atoms with Crippen molar-refractivity contribution in [3.63, 3.8) is 0 Å². The SMILES string of the molecule is C=CCC(OCC)(C(=O)NCc1ccc(C)cc1)c1ccc(Cl)cc1. The van der Waals surface area contributed by atoms with Crippen LogP contribution in [0.2, 0.25) is 5.02 Å². The van der Waals surface area contributed by atoms with Crippen LogP contribution in [-0.4, -0.2) is 12.5 Å². The van der Waals surface area contributed by atoms with Gasteiger partial charge in [0, 0.05) is 24.6 Å². The molecule has 25 heavy (non-hydrogen) atoms. The predicted octanol–water partition coefficient (Wildman–Crippen LogP) is 4.77. The summed E-state index contributed by atoms with van der Waals surface area (Å²) in [6, 6.07) is 15.3. The van der Waals surface area contributed by atoms with Crippen LogP contribution >= 0.6 is 11.6 Å². The number of aryl methyl sites for hydroxylation is 1. The maximum atomic E-state index is 13.1. The zero-order valence-corrected chi connectivity index (χ0v) is 15.5. The average molecular weight is 358 g/mol. The van der Waals surface area contributed by atoms with Gasteiger partial charge in [-0.3, -0.25) is 4.79 Å². The van der Waals surface area contributed by atoms with Crippen LogP contribution in [0.3, 0.4) is 0 Å². The molecule has 2 rings (SSSR count). The monoisotopic (exact) mass is 357 g/mol. The van der Waals surface area contributed by atoms with Crippen molar-refractivity contribution in [2.45, 2.75) is 32.4 Å². The van der Waals surface area contributed by atoms with Gasteiger partial charge in [0.25, 0.3) is 5.91 Å². The van der Waals surface area contributed by atoms with E-state index in [1.807, 2.05) is 50.2 Å². The summed E-state index contributed by atoms with van der Waals surface area (Å²) in [5.74, 6) is -0.183. The molecule has 0 saturated heterocycles. The Morgan fingerprint density at radius 2 is 1.84 bits per heavy atom. The van der Waals surface area contributed by atoms with Crippen molar-refractivity contribution in [2.75, 3.05) is 6.61 Å². The van der Waals surface area contributed by atoms with Crippen LogP contribution in [0.5, 0.6) is 0 Å². The van der Waals surface area contributed by atoms with E-state index < -0.39 is 5.60 Å². The highest BCUT2D eigenvalue weighted by Gasteiger charge is 2.39. The van der Waals surface area contributed by atoms with Crippen molar-refractivity contribution in [3.05, 3.63) is 82.9 Å². The standard InChI is InChI=1S/C21H24ClNO2/c1-4-14-21(25-5-2,18-10-12-19(22)13-11-18)20(24)23-15-17-8-6-16(3)7-9-17/h4,6-13H,1,5,14-15H2,2-3H3,(H,23,24). The number of amides is 1. The smallest absolute Gasteiger partial charge is 0.257 e. The number of nitrogens with one attached hydrogen (secondary N) is 1. The normalized spacial score (nSPS) is 13.1. The topological polar surface area (TPSA) is 38.3 Å². The number of rotatable bonds is 8. The molecule has 0 bridgehead atoms. The molecule has 2 aromatic carbocycles. The third kappa shape index (κ3) is 4.71. The van der Waals surface area contributed by atoms with E-state index in [9.17, 15) is 4.79 Å². The fourth-order valence-electron chi connectivity index (χ4n) is 2.75. The van der Waals surface area contributed by atoms with Crippen LogP contribution in [0.25, 0.3) is 0 Å². The van der Waals surface area contributed by atoms with Crippen molar-refractivity contribution in [1.29, 1.82) is 0 Å². The van der Waals surface area contributed by atoms with Gasteiger partial charge in [-0.05, 0) is 37.1 Å². The molecule has 3 nitrogen and oxygen atoms in total. The number of ether oxygens (including phenoxy) is 1. The summed E-state index contributed by atoms with van der Waals surface area (Å²) >= 11 is 5.99. The Kier molecular flexibility index (Phi) is 6.80. The second-order valence-corrected chi connectivity index (χ2v) is 6.36. The maximum absolute atomic E-state index is 13.1. The Morgan fingerprint density at radius 1 is 1.20 bits per heavy atom. The van der Waals surface area contributed by atoms with Crippen LogP contribution < -0.4 is 5.32 Å². The number of hydrogen-bond donors (Lipinski definition) is 1. The quantitative estimate of drug-likeness (QED) is 0.691. The Balaban J connectivity index is 2.26. The third-order valence-corrected chi connectivity index (χ3v) is 4.33. The molecular formula is C21H24ClNO2. The van der Waals surface area contributed by atoms with Gasteiger partial charge in [0.15, 0.2) is 5.60 Å². The minimum atomic E-state index is -1.11. The summed E-state index contributed by atoms with van der Waals surface area (Å²) in [7, 11) is 0. The van der Waals surface area contributed by atoms with E-state index in [0.29, 0.717) is 24.6 Å². The molecule has 2 aromatic rings. The number of benzene rings is 2. The Morgan fingerprint density at radius 3 is 2.40 bits per heavy atom. The van der Waals surface area contributed by atoms with Crippen molar-refractivity contribution in [3.8, 4) is 0 Å². The molecule has 0 radical (unpaired) electrons. The van der Waals surface area contributed by atoms with E-state index in [2.05, 4.69) is 11.9 Å². The molecule has 132 valence electrons. The highest BCUT2D eigenvalue weighted by Crippen LogP contribution is 2.31. The molecule has 0 aliphatic carbocycles. The van der Waals surface area contributed by atoms with Gasteiger partial charge in [0.05, 0.1) is 0 Å². The maximum Gasteiger partial charge on any atom is 0.257 e. The molecular weight excluding hydrogens is 334 g/mol. The van der Waals surface area contributed by atoms with Crippen LogP contribution in [0.1, 0.15) is 30.0 Å². The van der Waals surface area contributed by atoms with Crippen molar-refractivity contribution in [1.82, 2.24) is 5.32 Å². The van der Waals surface area contributed by atoms with E-state index >= 15 is 0 Å². The fourth-order valence-corrected chi connectivity index (χ4v) is 2.88. The Labute approximate surface area is 154 Å². The minimum Gasteiger partial charge on any atom is -0.360 e. The van der Waals surface area contributed by atoms with E-state index in [1.165, 1.54) is 5.56 Å². The van der Waals surface area contributed by atoms with E-state index in [-0.39, 0.29) is 5.91 Å². The van der Waals surface area contributed by atoms with Crippen LogP contribution in [0, 0.1) is 6.92 Å². The summed E-state index contributed by atoms with van der Waals surface area (Å²) < 4.78 is 5.94. The molecule has 0 aliphatic heterocycles. The summed E-state index contributed by atoms with van der Waals surface area (Å²) in [5, 5.41) is 3.62.